The van der Waals surface area contributed by atoms with Crippen LogP contribution in [0, 0.1) is 0 Å². The number of methoxy groups -OCH3 is 5. The number of carbonyl (C=O) groups is 1. The van der Waals surface area contributed by atoms with Crippen LogP contribution in [-0.4, -0.2) is 67.4 Å². The third-order valence-corrected chi connectivity index (χ3v) is 6.89. The van der Waals surface area contributed by atoms with Gasteiger partial charge in [0.2, 0.25) is 17.5 Å². The van der Waals surface area contributed by atoms with Crippen molar-refractivity contribution in [2.45, 2.75) is 5.22 Å². The minimum Gasteiger partial charge on any atom is -0.493 e. The number of aromatic amines is 1. The number of nitrogens with one attached hydrogen (secondary N) is 2. The Morgan fingerprint density at radius 1 is 0.829 bits per heavy atom. The Hall–Kier alpha value is -4.91. The first-order valence-electron chi connectivity index (χ1n) is 12.2. The van der Waals surface area contributed by atoms with Crippen LogP contribution in [0.15, 0.2) is 58.2 Å². The molecule has 41 heavy (non-hydrogen) atoms. The summed E-state index contributed by atoms with van der Waals surface area (Å²) in [4.78, 5) is 20.6. The van der Waals surface area contributed by atoms with Gasteiger partial charge in [0.1, 0.15) is 5.82 Å². The molecule has 0 aliphatic carbocycles. The monoisotopic (exact) mass is 577 g/mol. The van der Waals surface area contributed by atoms with E-state index in [1.807, 2.05) is 36.4 Å². The Bertz CT molecular complexity index is 1680. The summed E-state index contributed by atoms with van der Waals surface area (Å²) in [5, 5.41) is 11.3. The van der Waals surface area contributed by atoms with E-state index in [9.17, 15) is 4.79 Å². The van der Waals surface area contributed by atoms with Crippen LogP contribution in [0.3, 0.4) is 0 Å². The zero-order valence-electron chi connectivity index (χ0n) is 22.9. The van der Waals surface area contributed by atoms with Crippen molar-refractivity contribution in [3.05, 3.63) is 48.5 Å². The minimum atomic E-state index is -0.273. The molecular weight excluding hydrogens is 550 g/mol. The van der Waals surface area contributed by atoms with E-state index in [-0.39, 0.29) is 16.9 Å². The zero-order chi connectivity index (χ0) is 28.9. The maximum atomic E-state index is 12.6. The Kier molecular flexibility index (Phi) is 8.15. The molecule has 2 N–H and O–H groups in total. The number of fused-ring (bicyclic) bond motifs is 1. The fraction of sp³-hybridized carbons (Fsp3) is 0.214. The summed E-state index contributed by atoms with van der Waals surface area (Å²) in [6, 6.07) is 14.5. The van der Waals surface area contributed by atoms with E-state index in [1.54, 1.807) is 26.4 Å². The smallest absolute Gasteiger partial charge is 0.277 e. The number of rotatable bonds is 11. The number of imidazole rings is 1. The Morgan fingerprint density at radius 2 is 1.54 bits per heavy atom. The molecule has 5 rings (SSSR count). The molecule has 3 aromatic carbocycles. The summed E-state index contributed by atoms with van der Waals surface area (Å²) in [6.45, 7) is 0. The van der Waals surface area contributed by atoms with Gasteiger partial charge in [-0.3, -0.25) is 4.79 Å². The lowest BCUT2D eigenvalue weighted by molar-refractivity contribution is -0.113. The van der Waals surface area contributed by atoms with Crippen LogP contribution in [0.1, 0.15) is 0 Å². The molecule has 212 valence electrons. The van der Waals surface area contributed by atoms with E-state index in [0.717, 1.165) is 28.4 Å². The second-order valence-corrected chi connectivity index (χ2v) is 9.44. The van der Waals surface area contributed by atoms with Crippen molar-refractivity contribution in [2.24, 2.45) is 0 Å². The Balaban J connectivity index is 1.26. The molecule has 2 aromatic heterocycles. The van der Waals surface area contributed by atoms with Crippen molar-refractivity contribution in [2.75, 3.05) is 46.6 Å². The largest absolute Gasteiger partial charge is 0.493 e. The van der Waals surface area contributed by atoms with Gasteiger partial charge in [-0.1, -0.05) is 11.8 Å². The van der Waals surface area contributed by atoms with Crippen LogP contribution in [0.5, 0.6) is 28.7 Å². The summed E-state index contributed by atoms with van der Waals surface area (Å²) >= 11 is 1.12. The summed E-state index contributed by atoms with van der Waals surface area (Å²) in [6.07, 6.45) is 0. The average molecular weight is 578 g/mol. The summed E-state index contributed by atoms with van der Waals surface area (Å²) < 4.78 is 32.5. The number of benzene rings is 3. The quantitative estimate of drug-likeness (QED) is 0.204. The molecule has 0 aliphatic heterocycles. The SMILES string of the molecule is COc1ccc(-c2nc3ccc(-c4nnc(SCC(=O)Nc5cc(OC)c(OC)c(OC)c5)o4)cc3[nH]2)cc1OC. The Morgan fingerprint density at radius 3 is 2.22 bits per heavy atom. The summed E-state index contributed by atoms with van der Waals surface area (Å²) in [5.41, 5.74) is 3.63. The fourth-order valence-electron chi connectivity index (χ4n) is 4.13. The lowest BCUT2D eigenvalue weighted by Gasteiger charge is -2.14. The number of H-pyrrole nitrogens is 1. The van der Waals surface area contributed by atoms with Gasteiger partial charge in [-0.05, 0) is 36.4 Å². The van der Waals surface area contributed by atoms with Crippen LogP contribution in [0.4, 0.5) is 5.69 Å². The highest BCUT2D eigenvalue weighted by Crippen LogP contribution is 2.40. The average Bonchev–Trinajstić information content (AvgIpc) is 3.66. The highest BCUT2D eigenvalue weighted by atomic mass is 32.2. The molecule has 0 spiro atoms. The van der Waals surface area contributed by atoms with Crippen molar-refractivity contribution in [1.29, 1.82) is 0 Å². The molecule has 0 aliphatic rings. The normalized spacial score (nSPS) is 10.9. The molecule has 13 heteroatoms. The highest BCUT2D eigenvalue weighted by molar-refractivity contribution is 7.99. The molecule has 2 heterocycles. The van der Waals surface area contributed by atoms with Gasteiger partial charge in [0.25, 0.3) is 5.22 Å². The van der Waals surface area contributed by atoms with Gasteiger partial charge >= 0.3 is 0 Å². The van der Waals surface area contributed by atoms with E-state index in [4.69, 9.17) is 28.1 Å². The first-order valence-corrected chi connectivity index (χ1v) is 13.2. The molecule has 0 radical (unpaired) electrons. The van der Waals surface area contributed by atoms with Crippen LogP contribution in [0.2, 0.25) is 0 Å². The number of carbonyl (C=O) groups excluding carboxylic acids is 1. The number of hydrogen-bond acceptors (Lipinski definition) is 11. The third kappa shape index (κ3) is 5.84. The van der Waals surface area contributed by atoms with Crippen molar-refractivity contribution in [3.8, 4) is 51.6 Å². The molecule has 0 saturated heterocycles. The fourth-order valence-corrected chi connectivity index (χ4v) is 4.69. The van der Waals surface area contributed by atoms with Gasteiger partial charge in [0, 0.05) is 28.9 Å². The first kappa shape index (κ1) is 27.6. The molecule has 0 unspecified atom stereocenters. The van der Waals surface area contributed by atoms with E-state index in [1.165, 1.54) is 21.3 Å². The van der Waals surface area contributed by atoms with E-state index in [0.29, 0.717) is 51.7 Å². The van der Waals surface area contributed by atoms with Gasteiger partial charge in [-0.2, -0.15) is 0 Å². The van der Waals surface area contributed by atoms with Crippen LogP contribution in [-0.2, 0) is 4.79 Å². The van der Waals surface area contributed by atoms with Crippen molar-refractivity contribution in [1.82, 2.24) is 20.2 Å². The maximum Gasteiger partial charge on any atom is 0.277 e. The summed E-state index contributed by atoms with van der Waals surface area (Å²) in [7, 11) is 7.71. The first-order chi connectivity index (χ1) is 20.0. The number of ether oxygens (including phenoxy) is 5. The molecule has 0 bridgehead atoms. The van der Waals surface area contributed by atoms with Gasteiger partial charge < -0.3 is 38.4 Å². The van der Waals surface area contributed by atoms with Crippen molar-refractivity contribution < 1.29 is 32.9 Å². The van der Waals surface area contributed by atoms with Gasteiger partial charge in [-0.25, -0.2) is 4.98 Å². The minimum absolute atomic E-state index is 0.0482. The van der Waals surface area contributed by atoms with E-state index >= 15 is 0 Å². The lowest BCUT2D eigenvalue weighted by atomic mass is 10.2. The maximum absolute atomic E-state index is 12.6. The number of aromatic nitrogens is 4. The molecular formula is C28H27N5O7S. The number of hydrogen-bond donors (Lipinski definition) is 2. The summed E-state index contributed by atoms with van der Waals surface area (Å²) in [5.74, 6) is 3.32. The number of nitrogens with zero attached hydrogens (tertiary/aromatic N) is 3. The predicted octanol–water partition coefficient (Wildman–Crippen LogP) is 5.05. The van der Waals surface area contributed by atoms with Crippen LogP contribution < -0.4 is 29.0 Å². The standard InChI is InChI=1S/C28H27N5O7S/c1-35-20-9-7-15(11-21(20)36-2)26-30-18-8-6-16(10-19(18)31-26)27-32-33-28(40-27)41-14-24(34)29-17-12-22(37-3)25(39-5)23(13-17)38-4/h6-13H,14H2,1-5H3,(H,29,34)(H,30,31). The van der Waals surface area contributed by atoms with Crippen molar-refractivity contribution in [3.63, 3.8) is 0 Å². The molecule has 5 aromatic rings. The lowest BCUT2D eigenvalue weighted by Crippen LogP contribution is -2.14. The van der Waals surface area contributed by atoms with Gasteiger partial charge in [0.05, 0.1) is 52.3 Å². The topological polar surface area (TPSA) is 143 Å². The predicted molar refractivity (Wildman–Crippen MR) is 153 cm³/mol. The molecule has 1 amide bonds. The van der Waals surface area contributed by atoms with Gasteiger partial charge in [-0.15, -0.1) is 10.2 Å². The third-order valence-electron chi connectivity index (χ3n) is 6.07. The number of anilines is 1. The van der Waals surface area contributed by atoms with E-state index in [2.05, 4.69) is 25.5 Å². The molecule has 0 fully saturated rings. The van der Waals surface area contributed by atoms with Gasteiger partial charge in [0.15, 0.2) is 23.0 Å². The second kappa shape index (κ2) is 12.1. The van der Waals surface area contributed by atoms with Crippen LogP contribution >= 0.6 is 11.8 Å². The molecule has 12 nitrogen and oxygen atoms in total. The highest BCUT2D eigenvalue weighted by Gasteiger charge is 2.17. The number of thioether (sulfide) groups is 1. The number of amides is 1. The van der Waals surface area contributed by atoms with Crippen molar-refractivity contribution >= 4 is 34.4 Å². The second-order valence-electron chi connectivity index (χ2n) is 8.51. The molecule has 0 atom stereocenters. The molecule has 0 saturated carbocycles. The van der Waals surface area contributed by atoms with E-state index < -0.39 is 0 Å². The zero-order valence-corrected chi connectivity index (χ0v) is 23.8. The van der Waals surface area contributed by atoms with Crippen LogP contribution in [0.25, 0.3) is 33.9 Å². The Labute approximate surface area is 239 Å².